The molecule has 0 aliphatic heterocycles. The molecule has 3 nitrogen and oxygen atoms in total. The lowest BCUT2D eigenvalue weighted by Crippen LogP contribution is -2.09. The molecule has 0 radical (unpaired) electrons. The van der Waals surface area contributed by atoms with Crippen LogP contribution < -0.4 is 10.1 Å². The van der Waals surface area contributed by atoms with Gasteiger partial charge in [0.25, 0.3) is 0 Å². The van der Waals surface area contributed by atoms with Gasteiger partial charge < -0.3 is 10.1 Å². The molecular weight excluding hydrogens is 274 g/mol. The molecule has 3 heteroatoms. The molecule has 0 aliphatic rings. The highest BCUT2D eigenvalue weighted by Gasteiger charge is 2.02. The quantitative estimate of drug-likeness (QED) is 0.807. The lowest BCUT2D eigenvalue weighted by Gasteiger charge is -2.07. The minimum absolute atomic E-state index is 0.130. The Balaban J connectivity index is 1.99. The Morgan fingerprint density at radius 2 is 1.82 bits per heavy atom. The van der Waals surface area contributed by atoms with Crippen LogP contribution in [0.2, 0.25) is 0 Å². The van der Waals surface area contributed by atoms with Crippen LogP contribution in [0.5, 0.6) is 5.75 Å². The number of carbonyl (C=O) groups excluding carboxylic acids is 1. The fourth-order valence-electron chi connectivity index (χ4n) is 2.14. The SMILES string of the molecule is CCOc1ccc(C=CC(=O)Nc2ccccc2CC)cc1. The van der Waals surface area contributed by atoms with E-state index in [9.17, 15) is 4.79 Å². The number of amides is 1. The van der Waals surface area contributed by atoms with Crippen molar-refractivity contribution in [2.45, 2.75) is 20.3 Å². The molecule has 2 aromatic rings. The summed E-state index contributed by atoms with van der Waals surface area (Å²) in [7, 11) is 0. The van der Waals surface area contributed by atoms with E-state index in [0.717, 1.165) is 29.0 Å². The van der Waals surface area contributed by atoms with Crippen LogP contribution in [0.3, 0.4) is 0 Å². The van der Waals surface area contributed by atoms with Crippen LogP contribution in [0.4, 0.5) is 5.69 Å². The number of hydrogen-bond acceptors (Lipinski definition) is 2. The molecule has 114 valence electrons. The zero-order valence-electron chi connectivity index (χ0n) is 13.0. The van der Waals surface area contributed by atoms with Crippen LogP contribution in [-0.4, -0.2) is 12.5 Å². The highest BCUT2D eigenvalue weighted by atomic mass is 16.5. The van der Waals surface area contributed by atoms with Crippen molar-refractivity contribution >= 4 is 17.7 Å². The molecule has 22 heavy (non-hydrogen) atoms. The summed E-state index contributed by atoms with van der Waals surface area (Å²) in [5.41, 5.74) is 2.96. The monoisotopic (exact) mass is 295 g/mol. The van der Waals surface area contributed by atoms with Crippen LogP contribution in [0.1, 0.15) is 25.0 Å². The standard InChI is InChI=1S/C19H21NO2/c1-3-16-7-5-6-8-18(16)20-19(21)14-11-15-9-12-17(13-10-15)22-4-2/h5-14H,3-4H2,1-2H3,(H,20,21). The Morgan fingerprint density at radius 1 is 1.09 bits per heavy atom. The first kappa shape index (κ1) is 15.8. The van der Waals surface area contributed by atoms with E-state index in [0.29, 0.717) is 6.61 Å². The Morgan fingerprint density at radius 3 is 2.50 bits per heavy atom. The zero-order valence-corrected chi connectivity index (χ0v) is 13.0. The minimum Gasteiger partial charge on any atom is -0.494 e. The second kappa shape index (κ2) is 8.03. The summed E-state index contributed by atoms with van der Waals surface area (Å²) in [5.74, 6) is 0.704. The summed E-state index contributed by atoms with van der Waals surface area (Å²) in [6, 6.07) is 15.5. The van der Waals surface area contributed by atoms with Gasteiger partial charge in [0.1, 0.15) is 5.75 Å². The van der Waals surface area contributed by atoms with Gasteiger partial charge in [0, 0.05) is 11.8 Å². The average Bonchev–Trinajstić information content (AvgIpc) is 2.55. The van der Waals surface area contributed by atoms with Gasteiger partial charge in [-0.3, -0.25) is 4.79 Å². The molecule has 0 spiro atoms. The third-order valence-corrected chi connectivity index (χ3v) is 3.27. The number of carbonyl (C=O) groups is 1. The largest absolute Gasteiger partial charge is 0.494 e. The molecule has 2 rings (SSSR count). The third-order valence-electron chi connectivity index (χ3n) is 3.27. The second-order valence-electron chi connectivity index (χ2n) is 4.84. The summed E-state index contributed by atoms with van der Waals surface area (Å²) in [5, 5.41) is 2.91. The fourth-order valence-corrected chi connectivity index (χ4v) is 2.14. The van der Waals surface area contributed by atoms with Crippen molar-refractivity contribution in [3.8, 4) is 5.75 Å². The first-order valence-electron chi connectivity index (χ1n) is 7.52. The smallest absolute Gasteiger partial charge is 0.248 e. The lowest BCUT2D eigenvalue weighted by molar-refractivity contribution is -0.111. The van der Waals surface area contributed by atoms with Crippen molar-refractivity contribution in [2.24, 2.45) is 0 Å². The molecule has 0 atom stereocenters. The predicted molar refractivity (Wildman–Crippen MR) is 91.1 cm³/mol. The van der Waals surface area contributed by atoms with Crippen LogP contribution in [0.25, 0.3) is 6.08 Å². The van der Waals surface area contributed by atoms with Gasteiger partial charge in [-0.2, -0.15) is 0 Å². The number of hydrogen-bond donors (Lipinski definition) is 1. The van der Waals surface area contributed by atoms with E-state index in [2.05, 4.69) is 12.2 Å². The topological polar surface area (TPSA) is 38.3 Å². The maximum absolute atomic E-state index is 12.0. The number of ether oxygens (including phenoxy) is 1. The van der Waals surface area contributed by atoms with Gasteiger partial charge in [-0.1, -0.05) is 37.3 Å². The molecule has 1 amide bonds. The zero-order chi connectivity index (χ0) is 15.8. The second-order valence-corrected chi connectivity index (χ2v) is 4.84. The van der Waals surface area contributed by atoms with E-state index in [1.165, 1.54) is 0 Å². The number of para-hydroxylation sites is 1. The minimum atomic E-state index is -0.130. The van der Waals surface area contributed by atoms with Crippen LogP contribution in [0.15, 0.2) is 54.6 Å². The number of rotatable bonds is 6. The molecule has 0 saturated carbocycles. The van der Waals surface area contributed by atoms with Gasteiger partial charge in [-0.25, -0.2) is 0 Å². The molecule has 0 unspecified atom stereocenters. The molecular formula is C19H21NO2. The summed E-state index contributed by atoms with van der Waals surface area (Å²) in [6.07, 6.45) is 4.22. The molecule has 0 bridgehead atoms. The van der Waals surface area contributed by atoms with E-state index in [1.54, 1.807) is 12.2 Å². The van der Waals surface area contributed by atoms with E-state index in [-0.39, 0.29) is 5.91 Å². The van der Waals surface area contributed by atoms with Crippen LogP contribution in [-0.2, 0) is 11.2 Å². The molecule has 0 aliphatic carbocycles. The van der Waals surface area contributed by atoms with Crippen molar-refractivity contribution in [3.05, 3.63) is 65.7 Å². The third kappa shape index (κ3) is 4.48. The summed E-state index contributed by atoms with van der Waals surface area (Å²) in [6.45, 7) is 4.67. The fraction of sp³-hybridized carbons (Fsp3) is 0.211. The highest BCUT2D eigenvalue weighted by Crippen LogP contribution is 2.16. The maximum Gasteiger partial charge on any atom is 0.248 e. The maximum atomic E-state index is 12.0. The van der Waals surface area contributed by atoms with E-state index < -0.39 is 0 Å². The van der Waals surface area contributed by atoms with Crippen molar-refractivity contribution in [2.75, 3.05) is 11.9 Å². The first-order chi connectivity index (χ1) is 10.7. The normalized spacial score (nSPS) is 10.6. The van der Waals surface area contributed by atoms with Crippen LogP contribution in [0, 0.1) is 0 Å². The Labute approximate surface area is 131 Å². The average molecular weight is 295 g/mol. The summed E-state index contributed by atoms with van der Waals surface area (Å²) < 4.78 is 5.39. The van der Waals surface area contributed by atoms with Crippen molar-refractivity contribution in [1.82, 2.24) is 0 Å². The Bertz CT molecular complexity index is 645. The summed E-state index contributed by atoms with van der Waals surface area (Å²) >= 11 is 0. The van der Waals surface area contributed by atoms with Crippen LogP contribution >= 0.6 is 0 Å². The first-order valence-corrected chi connectivity index (χ1v) is 7.52. The van der Waals surface area contributed by atoms with Crippen molar-refractivity contribution < 1.29 is 9.53 Å². The van der Waals surface area contributed by atoms with E-state index in [1.807, 2.05) is 55.5 Å². The Hall–Kier alpha value is -2.55. The van der Waals surface area contributed by atoms with Gasteiger partial charge in [-0.15, -0.1) is 0 Å². The predicted octanol–water partition coefficient (Wildman–Crippen LogP) is 4.30. The Kier molecular flexibility index (Phi) is 5.78. The molecule has 0 saturated heterocycles. The molecule has 2 aromatic carbocycles. The van der Waals surface area contributed by atoms with Crippen molar-refractivity contribution in [1.29, 1.82) is 0 Å². The molecule has 0 fully saturated rings. The van der Waals surface area contributed by atoms with Gasteiger partial charge in [0.2, 0.25) is 5.91 Å². The molecule has 1 N–H and O–H groups in total. The molecule has 0 heterocycles. The van der Waals surface area contributed by atoms with Gasteiger partial charge in [-0.05, 0) is 48.7 Å². The van der Waals surface area contributed by atoms with E-state index >= 15 is 0 Å². The summed E-state index contributed by atoms with van der Waals surface area (Å²) in [4.78, 5) is 12.0. The number of anilines is 1. The lowest BCUT2D eigenvalue weighted by atomic mass is 10.1. The number of aryl methyl sites for hydroxylation is 1. The number of nitrogens with one attached hydrogen (secondary N) is 1. The van der Waals surface area contributed by atoms with Gasteiger partial charge in [0.15, 0.2) is 0 Å². The van der Waals surface area contributed by atoms with E-state index in [4.69, 9.17) is 4.74 Å². The van der Waals surface area contributed by atoms with Crippen molar-refractivity contribution in [3.63, 3.8) is 0 Å². The highest BCUT2D eigenvalue weighted by molar-refractivity contribution is 6.02. The van der Waals surface area contributed by atoms with Gasteiger partial charge >= 0.3 is 0 Å². The van der Waals surface area contributed by atoms with Gasteiger partial charge in [0.05, 0.1) is 6.61 Å². The molecule has 0 aromatic heterocycles. The number of benzene rings is 2.